The van der Waals surface area contributed by atoms with E-state index in [-0.39, 0.29) is 0 Å². The number of benzene rings is 9. The van der Waals surface area contributed by atoms with E-state index in [1.54, 1.807) is 0 Å². The lowest BCUT2D eigenvalue weighted by molar-refractivity contribution is 0.631. The molecule has 4 heteroatoms. The zero-order valence-electron chi connectivity index (χ0n) is 30.8. The Bertz CT molecular complexity index is 3260. The summed E-state index contributed by atoms with van der Waals surface area (Å²) in [5.41, 5.74) is 9.23. The molecule has 4 nitrogen and oxygen atoms in total. The highest BCUT2D eigenvalue weighted by atomic mass is 16.3. The van der Waals surface area contributed by atoms with Crippen molar-refractivity contribution in [1.29, 1.82) is 0 Å². The molecular formula is C53H33N3O. The van der Waals surface area contributed by atoms with Gasteiger partial charge in [-0.15, -0.1) is 0 Å². The number of rotatable bonds is 6. The van der Waals surface area contributed by atoms with Crippen LogP contribution in [0.5, 0.6) is 0 Å². The Hall–Kier alpha value is -7.69. The average molecular weight is 728 g/mol. The van der Waals surface area contributed by atoms with E-state index in [0.717, 1.165) is 50.1 Å². The van der Waals surface area contributed by atoms with Crippen LogP contribution in [0.15, 0.2) is 205 Å². The van der Waals surface area contributed by atoms with Crippen molar-refractivity contribution in [2.75, 3.05) is 0 Å². The second-order valence-corrected chi connectivity index (χ2v) is 14.4. The average Bonchev–Trinajstić information content (AvgIpc) is 3.73. The quantitative estimate of drug-likeness (QED) is 0.126. The SMILES string of the molecule is c1ccc(-c2nc(-c3ccc(-c4cc5ccccc5o4)cc3)nc(-c3cccc(-c4cccc(-c5c6ccccc6cc6c5ccc5ccccc56)c4)c3)n2)cc1. The van der Waals surface area contributed by atoms with Crippen LogP contribution in [-0.2, 0) is 0 Å². The minimum Gasteiger partial charge on any atom is -0.456 e. The molecule has 0 amide bonds. The number of aromatic nitrogens is 3. The van der Waals surface area contributed by atoms with E-state index in [0.29, 0.717) is 17.5 Å². The molecule has 0 unspecified atom stereocenters. The van der Waals surface area contributed by atoms with Gasteiger partial charge in [0.05, 0.1) is 0 Å². The van der Waals surface area contributed by atoms with E-state index in [9.17, 15) is 0 Å². The molecule has 0 aliphatic heterocycles. The van der Waals surface area contributed by atoms with Crippen LogP contribution in [0.4, 0.5) is 0 Å². The molecule has 0 aliphatic rings. The van der Waals surface area contributed by atoms with Gasteiger partial charge in [0.1, 0.15) is 11.3 Å². The molecule has 0 radical (unpaired) electrons. The van der Waals surface area contributed by atoms with E-state index >= 15 is 0 Å². The fourth-order valence-electron chi connectivity index (χ4n) is 8.08. The molecule has 11 aromatic rings. The molecule has 0 N–H and O–H groups in total. The molecule has 57 heavy (non-hydrogen) atoms. The van der Waals surface area contributed by atoms with E-state index in [1.807, 2.05) is 48.5 Å². The molecule has 0 fully saturated rings. The van der Waals surface area contributed by atoms with Crippen molar-refractivity contribution < 1.29 is 4.42 Å². The summed E-state index contributed by atoms with van der Waals surface area (Å²) in [6.45, 7) is 0. The van der Waals surface area contributed by atoms with Crippen LogP contribution >= 0.6 is 0 Å². The van der Waals surface area contributed by atoms with Crippen molar-refractivity contribution in [1.82, 2.24) is 15.0 Å². The van der Waals surface area contributed by atoms with Crippen molar-refractivity contribution in [3.05, 3.63) is 200 Å². The third-order valence-electron chi connectivity index (χ3n) is 10.9. The van der Waals surface area contributed by atoms with Crippen molar-refractivity contribution in [2.24, 2.45) is 0 Å². The van der Waals surface area contributed by atoms with E-state index < -0.39 is 0 Å². The fourth-order valence-corrected chi connectivity index (χ4v) is 8.08. The third kappa shape index (κ3) is 5.92. The summed E-state index contributed by atoms with van der Waals surface area (Å²) in [4.78, 5) is 15.1. The van der Waals surface area contributed by atoms with Crippen molar-refractivity contribution in [3.8, 4) is 67.7 Å². The van der Waals surface area contributed by atoms with Crippen LogP contribution in [0, 0.1) is 0 Å². The van der Waals surface area contributed by atoms with Gasteiger partial charge >= 0.3 is 0 Å². The van der Waals surface area contributed by atoms with Gasteiger partial charge in [0.15, 0.2) is 17.5 Å². The first kappa shape index (κ1) is 32.7. The molecule has 2 heterocycles. The Kier molecular flexibility index (Phi) is 7.78. The predicted octanol–water partition coefficient (Wildman–Crippen LogP) is 14.1. The first-order valence-corrected chi connectivity index (χ1v) is 19.2. The van der Waals surface area contributed by atoms with Crippen LogP contribution < -0.4 is 0 Å². The largest absolute Gasteiger partial charge is 0.456 e. The van der Waals surface area contributed by atoms with Gasteiger partial charge in [0.2, 0.25) is 0 Å². The van der Waals surface area contributed by atoms with Gasteiger partial charge in [-0.25, -0.2) is 15.0 Å². The van der Waals surface area contributed by atoms with E-state index in [1.165, 1.54) is 43.4 Å². The van der Waals surface area contributed by atoms with Gasteiger partial charge in [0, 0.05) is 27.6 Å². The van der Waals surface area contributed by atoms with Gasteiger partial charge < -0.3 is 4.42 Å². The molecule has 0 atom stereocenters. The Morgan fingerprint density at radius 1 is 0.281 bits per heavy atom. The molecule has 2 aromatic heterocycles. The number of hydrogen-bond donors (Lipinski definition) is 0. The molecule has 9 aromatic carbocycles. The van der Waals surface area contributed by atoms with Crippen LogP contribution in [0.2, 0.25) is 0 Å². The lowest BCUT2D eigenvalue weighted by atomic mass is 9.89. The summed E-state index contributed by atoms with van der Waals surface area (Å²) in [6, 6.07) is 70.1. The Balaban J connectivity index is 1.01. The van der Waals surface area contributed by atoms with E-state index in [2.05, 4.69) is 152 Å². The Morgan fingerprint density at radius 2 is 0.825 bits per heavy atom. The maximum absolute atomic E-state index is 6.15. The monoisotopic (exact) mass is 727 g/mol. The van der Waals surface area contributed by atoms with Crippen molar-refractivity contribution >= 4 is 43.3 Å². The first-order chi connectivity index (χ1) is 28.2. The van der Waals surface area contributed by atoms with Crippen LogP contribution in [0.3, 0.4) is 0 Å². The highest BCUT2D eigenvalue weighted by molar-refractivity contribution is 6.20. The number of para-hydroxylation sites is 1. The summed E-state index contributed by atoms with van der Waals surface area (Å²) in [5.74, 6) is 2.68. The van der Waals surface area contributed by atoms with E-state index in [4.69, 9.17) is 19.4 Å². The topological polar surface area (TPSA) is 51.8 Å². The zero-order chi connectivity index (χ0) is 37.7. The van der Waals surface area contributed by atoms with Crippen molar-refractivity contribution in [2.45, 2.75) is 0 Å². The van der Waals surface area contributed by atoms with Gasteiger partial charge in [-0.3, -0.25) is 0 Å². The highest BCUT2D eigenvalue weighted by Crippen LogP contribution is 2.41. The van der Waals surface area contributed by atoms with Gasteiger partial charge in [-0.1, -0.05) is 170 Å². The van der Waals surface area contributed by atoms with Crippen LogP contribution in [-0.4, -0.2) is 15.0 Å². The molecule has 0 saturated heterocycles. The number of furan rings is 1. The molecule has 0 aliphatic carbocycles. The summed E-state index contributed by atoms with van der Waals surface area (Å²) < 4.78 is 6.15. The number of fused-ring (bicyclic) bond motifs is 5. The molecular weight excluding hydrogens is 695 g/mol. The third-order valence-corrected chi connectivity index (χ3v) is 10.9. The minimum absolute atomic E-state index is 0.609. The molecule has 266 valence electrons. The highest BCUT2D eigenvalue weighted by Gasteiger charge is 2.16. The van der Waals surface area contributed by atoms with Gasteiger partial charge in [-0.05, 0) is 84.9 Å². The molecule has 0 bridgehead atoms. The summed E-state index contributed by atoms with van der Waals surface area (Å²) in [6.07, 6.45) is 0. The predicted molar refractivity (Wildman–Crippen MR) is 235 cm³/mol. The summed E-state index contributed by atoms with van der Waals surface area (Å²) in [5, 5.41) is 8.56. The molecule has 11 rings (SSSR count). The lowest BCUT2D eigenvalue weighted by Gasteiger charge is -2.15. The molecule has 0 spiro atoms. The second-order valence-electron chi connectivity index (χ2n) is 14.4. The lowest BCUT2D eigenvalue weighted by Crippen LogP contribution is -2.00. The summed E-state index contributed by atoms with van der Waals surface area (Å²) >= 11 is 0. The minimum atomic E-state index is 0.609. The smallest absolute Gasteiger partial charge is 0.164 e. The number of hydrogen-bond acceptors (Lipinski definition) is 4. The molecule has 0 saturated carbocycles. The Morgan fingerprint density at radius 3 is 1.58 bits per heavy atom. The maximum Gasteiger partial charge on any atom is 0.164 e. The zero-order valence-corrected chi connectivity index (χ0v) is 30.8. The Labute approximate surface area is 329 Å². The van der Waals surface area contributed by atoms with Crippen molar-refractivity contribution in [3.63, 3.8) is 0 Å². The maximum atomic E-state index is 6.15. The van der Waals surface area contributed by atoms with Gasteiger partial charge in [0.25, 0.3) is 0 Å². The standard InChI is InChI=1S/C53H33N3O/c1-2-13-36(14-3-1)51-54-52(37-26-24-35(25-27-37)49-33-41-16-6-9-23-48(41)57-49)56-53(55-51)43-20-11-18-39(31-43)38-17-10-19-42(30-38)50-45-22-8-5-15-40(45)32-47-44-21-7-4-12-34(44)28-29-46(47)50/h1-33H. The fraction of sp³-hybridized carbons (Fsp3) is 0. The van der Waals surface area contributed by atoms with Crippen LogP contribution in [0.25, 0.3) is 111 Å². The summed E-state index contributed by atoms with van der Waals surface area (Å²) in [7, 11) is 0. The van der Waals surface area contributed by atoms with Gasteiger partial charge in [-0.2, -0.15) is 0 Å². The number of nitrogens with zero attached hydrogens (tertiary/aromatic N) is 3. The van der Waals surface area contributed by atoms with Crippen LogP contribution in [0.1, 0.15) is 0 Å². The normalized spacial score (nSPS) is 11.5. The first-order valence-electron chi connectivity index (χ1n) is 19.2. The second kappa shape index (κ2) is 13.6.